The van der Waals surface area contributed by atoms with E-state index in [1.807, 2.05) is 42.5 Å². The smallest absolute Gasteiger partial charge is 0.229 e. The van der Waals surface area contributed by atoms with Crippen molar-refractivity contribution in [3.63, 3.8) is 0 Å². The summed E-state index contributed by atoms with van der Waals surface area (Å²) < 4.78 is 0. The van der Waals surface area contributed by atoms with Crippen LogP contribution < -0.4 is 5.32 Å². The number of hydrogen-bond donors (Lipinski definition) is 2. The number of aliphatic hydroxyl groups is 1. The minimum Gasteiger partial charge on any atom is -0.388 e. The predicted molar refractivity (Wildman–Crippen MR) is 121 cm³/mol. The number of nitrogens with one attached hydrogen (secondary N) is 1. The van der Waals surface area contributed by atoms with E-state index in [-0.39, 0.29) is 11.8 Å². The standard InChI is InChI=1S/C25H27NO2S/c27-24(22-14-8-3-9-15-22)18-29-19-25(28)26-17-16-23(20-10-4-1-5-11-20)21-12-6-2-7-13-21/h1-15,23-24,27H,16-19H2,(H,26,28). The normalized spacial score (nSPS) is 11.9. The Morgan fingerprint density at radius 3 is 1.79 bits per heavy atom. The average Bonchev–Trinajstić information content (AvgIpc) is 2.78. The van der Waals surface area contributed by atoms with Gasteiger partial charge in [-0.2, -0.15) is 0 Å². The fourth-order valence-corrected chi connectivity index (χ4v) is 4.16. The minimum atomic E-state index is -0.547. The zero-order valence-electron chi connectivity index (χ0n) is 16.4. The van der Waals surface area contributed by atoms with Gasteiger partial charge in [0.25, 0.3) is 0 Å². The van der Waals surface area contributed by atoms with Crippen molar-refractivity contribution in [2.45, 2.75) is 18.4 Å². The highest BCUT2D eigenvalue weighted by Gasteiger charge is 2.14. The fraction of sp³-hybridized carbons (Fsp3) is 0.240. The Balaban J connectivity index is 1.45. The van der Waals surface area contributed by atoms with E-state index >= 15 is 0 Å². The first kappa shape index (κ1) is 21.2. The molecule has 0 fully saturated rings. The van der Waals surface area contributed by atoms with E-state index in [9.17, 15) is 9.90 Å². The second-order valence-corrected chi connectivity index (χ2v) is 7.98. The molecule has 4 heteroatoms. The third-order valence-corrected chi connectivity index (χ3v) is 5.87. The maximum atomic E-state index is 12.2. The van der Waals surface area contributed by atoms with E-state index in [0.29, 0.717) is 18.1 Å². The highest BCUT2D eigenvalue weighted by molar-refractivity contribution is 7.99. The van der Waals surface area contributed by atoms with Crippen molar-refractivity contribution in [2.24, 2.45) is 0 Å². The van der Waals surface area contributed by atoms with Crippen LogP contribution in [0.4, 0.5) is 0 Å². The van der Waals surface area contributed by atoms with Gasteiger partial charge in [0, 0.05) is 18.2 Å². The molecule has 0 aliphatic heterocycles. The Kier molecular flexibility index (Phi) is 8.35. The summed E-state index contributed by atoms with van der Waals surface area (Å²) in [6.45, 7) is 0.620. The zero-order chi connectivity index (χ0) is 20.3. The molecule has 2 N–H and O–H groups in total. The summed E-state index contributed by atoms with van der Waals surface area (Å²) >= 11 is 1.45. The van der Waals surface area contributed by atoms with Crippen LogP contribution in [0.2, 0.25) is 0 Å². The van der Waals surface area contributed by atoms with Crippen molar-refractivity contribution < 1.29 is 9.90 Å². The summed E-state index contributed by atoms with van der Waals surface area (Å²) in [4.78, 5) is 12.2. The molecule has 1 atom stereocenters. The number of carbonyl (C=O) groups is 1. The summed E-state index contributed by atoms with van der Waals surface area (Å²) in [5, 5.41) is 13.2. The van der Waals surface area contributed by atoms with E-state index < -0.39 is 6.10 Å². The van der Waals surface area contributed by atoms with Crippen LogP contribution in [-0.2, 0) is 4.79 Å². The first-order valence-electron chi connectivity index (χ1n) is 9.91. The number of carbonyl (C=O) groups excluding carboxylic acids is 1. The highest BCUT2D eigenvalue weighted by atomic mass is 32.2. The molecule has 3 aromatic rings. The van der Waals surface area contributed by atoms with Crippen LogP contribution in [0.15, 0.2) is 91.0 Å². The molecule has 3 nitrogen and oxygen atoms in total. The molecular formula is C25H27NO2S. The van der Waals surface area contributed by atoms with Gasteiger partial charge in [0.15, 0.2) is 0 Å². The van der Waals surface area contributed by atoms with E-state index in [4.69, 9.17) is 0 Å². The van der Waals surface area contributed by atoms with E-state index in [1.54, 1.807) is 0 Å². The average molecular weight is 406 g/mol. The molecule has 0 aromatic heterocycles. The summed E-state index contributed by atoms with van der Waals surface area (Å²) in [5.74, 6) is 1.12. The van der Waals surface area contributed by atoms with Crippen LogP contribution in [0.1, 0.15) is 35.1 Å². The molecule has 0 aliphatic rings. The number of rotatable bonds is 10. The third-order valence-electron chi connectivity index (χ3n) is 4.85. The van der Waals surface area contributed by atoms with Gasteiger partial charge in [0.2, 0.25) is 5.91 Å². The highest BCUT2D eigenvalue weighted by Crippen LogP contribution is 2.27. The maximum absolute atomic E-state index is 12.2. The van der Waals surface area contributed by atoms with Crippen molar-refractivity contribution in [1.82, 2.24) is 5.32 Å². The van der Waals surface area contributed by atoms with Gasteiger partial charge in [-0.3, -0.25) is 4.79 Å². The van der Waals surface area contributed by atoms with Crippen LogP contribution in [0.5, 0.6) is 0 Å². The summed E-state index contributed by atoms with van der Waals surface area (Å²) in [7, 11) is 0. The molecule has 3 rings (SSSR count). The van der Waals surface area contributed by atoms with Crippen molar-refractivity contribution in [2.75, 3.05) is 18.1 Å². The van der Waals surface area contributed by atoms with Crippen LogP contribution in [0.3, 0.4) is 0 Å². The van der Waals surface area contributed by atoms with Crippen LogP contribution in [-0.4, -0.2) is 29.1 Å². The molecule has 0 aliphatic carbocycles. The molecule has 0 spiro atoms. The van der Waals surface area contributed by atoms with Gasteiger partial charge in [0.1, 0.15) is 0 Å². The van der Waals surface area contributed by atoms with Crippen molar-refractivity contribution in [3.05, 3.63) is 108 Å². The minimum absolute atomic E-state index is 0.00938. The number of amides is 1. The summed E-state index contributed by atoms with van der Waals surface area (Å²) in [5.41, 5.74) is 3.40. The molecule has 1 amide bonds. The third kappa shape index (κ3) is 6.77. The van der Waals surface area contributed by atoms with Gasteiger partial charge in [-0.1, -0.05) is 91.0 Å². The lowest BCUT2D eigenvalue weighted by molar-refractivity contribution is -0.118. The molecule has 0 saturated carbocycles. The number of thioether (sulfide) groups is 1. The van der Waals surface area contributed by atoms with Crippen LogP contribution in [0.25, 0.3) is 0 Å². The van der Waals surface area contributed by atoms with Gasteiger partial charge in [-0.05, 0) is 23.1 Å². The zero-order valence-corrected chi connectivity index (χ0v) is 17.2. The SMILES string of the molecule is O=C(CSCC(O)c1ccccc1)NCCC(c1ccccc1)c1ccccc1. The first-order valence-corrected chi connectivity index (χ1v) is 11.1. The molecule has 29 heavy (non-hydrogen) atoms. The predicted octanol–water partition coefficient (Wildman–Crippen LogP) is 4.79. The van der Waals surface area contributed by atoms with Gasteiger partial charge >= 0.3 is 0 Å². The second kappa shape index (κ2) is 11.4. The fourth-order valence-electron chi connectivity index (χ4n) is 3.34. The van der Waals surface area contributed by atoms with Crippen molar-refractivity contribution >= 4 is 17.7 Å². The lowest BCUT2D eigenvalue weighted by atomic mass is 9.88. The van der Waals surface area contributed by atoms with Gasteiger partial charge in [-0.25, -0.2) is 0 Å². The first-order chi connectivity index (χ1) is 14.2. The Bertz CT molecular complexity index is 816. The molecule has 150 valence electrons. The maximum Gasteiger partial charge on any atom is 0.229 e. The Morgan fingerprint density at radius 1 is 0.793 bits per heavy atom. The van der Waals surface area contributed by atoms with Crippen LogP contribution in [0, 0.1) is 0 Å². The van der Waals surface area contributed by atoms with E-state index in [2.05, 4.69) is 53.8 Å². The van der Waals surface area contributed by atoms with Gasteiger partial charge in [0.05, 0.1) is 11.9 Å². The lowest BCUT2D eigenvalue weighted by Crippen LogP contribution is -2.27. The molecule has 0 radical (unpaired) electrons. The van der Waals surface area contributed by atoms with Crippen molar-refractivity contribution in [3.8, 4) is 0 Å². The van der Waals surface area contributed by atoms with Gasteiger partial charge in [-0.15, -0.1) is 11.8 Å². The largest absolute Gasteiger partial charge is 0.388 e. The molecule has 1 unspecified atom stereocenters. The quantitative estimate of drug-likeness (QED) is 0.510. The molecule has 0 heterocycles. The molecule has 3 aromatic carbocycles. The molecule has 0 bridgehead atoms. The molecular weight excluding hydrogens is 378 g/mol. The Labute approximate surface area is 177 Å². The van der Waals surface area contributed by atoms with Gasteiger partial charge < -0.3 is 10.4 Å². The Hall–Kier alpha value is -2.56. The van der Waals surface area contributed by atoms with Crippen molar-refractivity contribution in [1.29, 1.82) is 0 Å². The molecule has 0 saturated heterocycles. The summed E-state index contributed by atoms with van der Waals surface area (Å²) in [6, 6.07) is 30.4. The topological polar surface area (TPSA) is 49.3 Å². The lowest BCUT2D eigenvalue weighted by Gasteiger charge is -2.18. The number of hydrogen-bond acceptors (Lipinski definition) is 3. The number of benzene rings is 3. The number of aliphatic hydroxyl groups excluding tert-OH is 1. The van der Waals surface area contributed by atoms with E-state index in [1.165, 1.54) is 22.9 Å². The second-order valence-electron chi connectivity index (χ2n) is 6.95. The van der Waals surface area contributed by atoms with Crippen LogP contribution >= 0.6 is 11.8 Å². The Morgan fingerprint density at radius 2 is 1.28 bits per heavy atom. The summed E-state index contributed by atoms with van der Waals surface area (Å²) in [6.07, 6.45) is 0.298. The monoisotopic (exact) mass is 405 g/mol. The van der Waals surface area contributed by atoms with E-state index in [0.717, 1.165) is 12.0 Å².